The molecule has 6 heteroatoms. The average Bonchev–Trinajstić information content (AvgIpc) is 2.76. The average molecular weight is 292 g/mol. The lowest BCUT2D eigenvalue weighted by Gasteiger charge is -2.35. The second kappa shape index (κ2) is 6.24. The van der Waals surface area contributed by atoms with E-state index in [2.05, 4.69) is 10.2 Å². The van der Waals surface area contributed by atoms with Crippen LogP contribution in [0.1, 0.15) is 29.3 Å². The summed E-state index contributed by atoms with van der Waals surface area (Å²) in [6.45, 7) is 5.33. The molecule has 1 aliphatic rings. The minimum atomic E-state index is -4.07. The molecule has 0 bridgehead atoms. The van der Waals surface area contributed by atoms with Gasteiger partial charge in [0, 0.05) is 43.5 Å². The number of thiophene rings is 1. The van der Waals surface area contributed by atoms with Crippen molar-refractivity contribution in [2.45, 2.75) is 32.0 Å². The smallest absolute Gasteiger partial charge is 0.314 e. The van der Waals surface area contributed by atoms with Gasteiger partial charge >= 0.3 is 6.18 Å². The number of nitrogens with zero attached hydrogens (tertiary/aromatic N) is 1. The number of aryl methyl sites for hydroxylation is 1. The number of alkyl halides is 3. The molecule has 0 aliphatic carbocycles. The fourth-order valence-electron chi connectivity index (χ4n) is 2.50. The van der Waals surface area contributed by atoms with E-state index in [1.54, 1.807) is 11.3 Å². The van der Waals surface area contributed by atoms with Crippen LogP contribution >= 0.6 is 11.3 Å². The van der Waals surface area contributed by atoms with E-state index in [4.69, 9.17) is 0 Å². The van der Waals surface area contributed by atoms with Crippen LogP contribution in [0.5, 0.6) is 0 Å². The van der Waals surface area contributed by atoms with Gasteiger partial charge in [0.1, 0.15) is 0 Å². The summed E-state index contributed by atoms with van der Waals surface area (Å²) in [5, 5.41) is 5.21. The Hall–Kier alpha value is -0.590. The maximum atomic E-state index is 12.5. The van der Waals surface area contributed by atoms with E-state index in [-0.39, 0.29) is 12.5 Å². The summed E-state index contributed by atoms with van der Waals surface area (Å²) in [6.07, 6.45) is -4.62. The fourth-order valence-corrected chi connectivity index (χ4v) is 3.60. The topological polar surface area (TPSA) is 15.3 Å². The molecule has 0 unspecified atom stereocenters. The lowest BCUT2D eigenvalue weighted by molar-refractivity contribution is -0.138. The Bertz CT molecular complexity index is 397. The molecule has 0 aromatic carbocycles. The first-order valence-electron chi connectivity index (χ1n) is 6.53. The summed E-state index contributed by atoms with van der Waals surface area (Å²) in [6, 6.07) is 1.90. The lowest BCUT2D eigenvalue weighted by Crippen LogP contribution is -2.45. The Kier molecular flexibility index (Phi) is 4.86. The summed E-state index contributed by atoms with van der Waals surface area (Å²) in [5.41, 5.74) is 1.11. The number of rotatable bonds is 4. The molecule has 0 spiro atoms. The van der Waals surface area contributed by atoms with Crippen LogP contribution in [-0.4, -0.2) is 37.3 Å². The third-order valence-corrected chi connectivity index (χ3v) is 4.62. The Morgan fingerprint density at radius 2 is 2.05 bits per heavy atom. The zero-order chi connectivity index (χ0) is 13.9. The Labute approximate surface area is 115 Å². The SMILES string of the molecule is Cc1ccsc1[C@@H](CCC(F)(F)F)N1CCNCC1. The normalized spacial score (nSPS) is 19.6. The van der Waals surface area contributed by atoms with Gasteiger partial charge in [-0.15, -0.1) is 11.3 Å². The number of nitrogens with one attached hydrogen (secondary N) is 1. The molecule has 0 radical (unpaired) electrons. The molecule has 0 saturated carbocycles. The molecule has 1 N–H and O–H groups in total. The van der Waals surface area contributed by atoms with E-state index in [0.717, 1.165) is 36.6 Å². The van der Waals surface area contributed by atoms with Crippen molar-refractivity contribution in [3.05, 3.63) is 21.9 Å². The van der Waals surface area contributed by atoms with Gasteiger partial charge in [0.25, 0.3) is 0 Å². The van der Waals surface area contributed by atoms with Crippen LogP contribution in [0.3, 0.4) is 0 Å². The quantitative estimate of drug-likeness (QED) is 0.915. The largest absolute Gasteiger partial charge is 0.389 e. The molecule has 2 heterocycles. The molecule has 0 amide bonds. The van der Waals surface area contributed by atoms with Crippen molar-refractivity contribution in [2.75, 3.05) is 26.2 Å². The van der Waals surface area contributed by atoms with Crippen molar-refractivity contribution in [2.24, 2.45) is 0 Å². The van der Waals surface area contributed by atoms with Gasteiger partial charge in [-0.2, -0.15) is 13.2 Å². The second-order valence-corrected chi connectivity index (χ2v) is 5.87. The Morgan fingerprint density at radius 1 is 1.37 bits per heavy atom. The van der Waals surface area contributed by atoms with Crippen LogP contribution < -0.4 is 5.32 Å². The van der Waals surface area contributed by atoms with Crippen LogP contribution in [0.25, 0.3) is 0 Å². The first kappa shape index (κ1) is 14.8. The van der Waals surface area contributed by atoms with E-state index < -0.39 is 12.6 Å². The lowest BCUT2D eigenvalue weighted by atomic mass is 10.0. The third kappa shape index (κ3) is 4.19. The van der Waals surface area contributed by atoms with Gasteiger partial charge in [-0.05, 0) is 30.4 Å². The van der Waals surface area contributed by atoms with Crippen LogP contribution in [0, 0.1) is 6.92 Å². The highest BCUT2D eigenvalue weighted by Crippen LogP contribution is 2.35. The molecule has 1 aliphatic heterocycles. The van der Waals surface area contributed by atoms with E-state index in [0.29, 0.717) is 0 Å². The molecule has 19 heavy (non-hydrogen) atoms. The highest BCUT2D eigenvalue weighted by atomic mass is 32.1. The second-order valence-electron chi connectivity index (χ2n) is 4.92. The number of piperazine rings is 1. The van der Waals surface area contributed by atoms with E-state index in [1.165, 1.54) is 0 Å². The summed E-state index contributed by atoms with van der Waals surface area (Å²) < 4.78 is 37.5. The summed E-state index contributed by atoms with van der Waals surface area (Å²) >= 11 is 1.57. The standard InChI is InChI=1S/C13H19F3N2S/c1-10-3-9-19-12(10)11(2-4-13(14,15)16)18-7-5-17-6-8-18/h3,9,11,17H,2,4-8H2,1H3/t11-/m1/s1. The van der Waals surface area contributed by atoms with Gasteiger partial charge in [-0.25, -0.2) is 0 Å². The maximum absolute atomic E-state index is 12.5. The summed E-state index contributed by atoms with van der Waals surface area (Å²) in [5.74, 6) is 0. The van der Waals surface area contributed by atoms with E-state index in [9.17, 15) is 13.2 Å². The summed E-state index contributed by atoms with van der Waals surface area (Å²) in [7, 11) is 0. The molecular formula is C13H19F3N2S. The van der Waals surface area contributed by atoms with Gasteiger partial charge in [0.2, 0.25) is 0 Å². The minimum absolute atomic E-state index is 0.0938. The van der Waals surface area contributed by atoms with Crippen LogP contribution in [0.4, 0.5) is 13.2 Å². The minimum Gasteiger partial charge on any atom is -0.314 e. The number of halogens is 3. The number of hydrogen-bond donors (Lipinski definition) is 1. The maximum Gasteiger partial charge on any atom is 0.389 e. The van der Waals surface area contributed by atoms with Crippen LogP contribution in [0.15, 0.2) is 11.4 Å². The molecule has 1 atom stereocenters. The Balaban J connectivity index is 2.10. The summed E-state index contributed by atoms with van der Waals surface area (Å²) in [4.78, 5) is 3.27. The highest BCUT2D eigenvalue weighted by molar-refractivity contribution is 7.10. The van der Waals surface area contributed by atoms with Crippen molar-refractivity contribution in [1.82, 2.24) is 10.2 Å². The third-order valence-electron chi connectivity index (χ3n) is 3.50. The van der Waals surface area contributed by atoms with Crippen molar-refractivity contribution >= 4 is 11.3 Å². The monoisotopic (exact) mass is 292 g/mol. The first-order valence-corrected chi connectivity index (χ1v) is 7.41. The van der Waals surface area contributed by atoms with Crippen molar-refractivity contribution in [3.63, 3.8) is 0 Å². The predicted octanol–water partition coefficient (Wildman–Crippen LogP) is 3.35. The van der Waals surface area contributed by atoms with Gasteiger partial charge in [0.05, 0.1) is 0 Å². The first-order chi connectivity index (χ1) is 8.97. The highest BCUT2D eigenvalue weighted by Gasteiger charge is 2.32. The molecule has 2 nitrogen and oxygen atoms in total. The van der Waals surface area contributed by atoms with Crippen molar-refractivity contribution < 1.29 is 13.2 Å². The zero-order valence-corrected chi connectivity index (χ0v) is 11.8. The molecule has 2 rings (SSSR count). The van der Waals surface area contributed by atoms with Crippen LogP contribution in [-0.2, 0) is 0 Å². The molecule has 1 fully saturated rings. The molecule has 1 aromatic rings. The zero-order valence-electron chi connectivity index (χ0n) is 11.0. The molecule has 1 saturated heterocycles. The molecule has 1 aromatic heterocycles. The van der Waals surface area contributed by atoms with Crippen molar-refractivity contribution in [3.8, 4) is 0 Å². The number of hydrogen-bond acceptors (Lipinski definition) is 3. The fraction of sp³-hybridized carbons (Fsp3) is 0.692. The van der Waals surface area contributed by atoms with Crippen LogP contribution in [0.2, 0.25) is 0 Å². The van der Waals surface area contributed by atoms with Gasteiger partial charge < -0.3 is 5.32 Å². The van der Waals surface area contributed by atoms with E-state index >= 15 is 0 Å². The Morgan fingerprint density at radius 3 is 2.58 bits per heavy atom. The molecular weight excluding hydrogens is 273 g/mol. The van der Waals surface area contributed by atoms with Gasteiger partial charge in [-0.3, -0.25) is 4.90 Å². The molecule has 108 valence electrons. The predicted molar refractivity (Wildman–Crippen MR) is 71.5 cm³/mol. The van der Waals surface area contributed by atoms with Crippen molar-refractivity contribution in [1.29, 1.82) is 0 Å². The van der Waals surface area contributed by atoms with Gasteiger partial charge in [-0.1, -0.05) is 0 Å². The van der Waals surface area contributed by atoms with Gasteiger partial charge in [0.15, 0.2) is 0 Å². The van der Waals surface area contributed by atoms with E-state index in [1.807, 2.05) is 18.4 Å².